The van der Waals surface area contributed by atoms with Gasteiger partial charge in [-0.1, -0.05) is 0 Å². The summed E-state index contributed by atoms with van der Waals surface area (Å²) >= 11 is 1.55. The fourth-order valence-electron chi connectivity index (χ4n) is 1.52. The van der Waals surface area contributed by atoms with Gasteiger partial charge in [0.25, 0.3) is 0 Å². The molecular weight excluding hydrogens is 223 g/mol. The van der Waals surface area contributed by atoms with Crippen molar-refractivity contribution in [2.45, 2.75) is 0 Å². The summed E-state index contributed by atoms with van der Waals surface area (Å²) in [5.74, 6) is -0.251. The summed E-state index contributed by atoms with van der Waals surface area (Å²) in [7, 11) is 0. The van der Waals surface area contributed by atoms with Crippen molar-refractivity contribution in [3.8, 4) is 10.6 Å². The van der Waals surface area contributed by atoms with Crippen molar-refractivity contribution in [3.63, 3.8) is 0 Å². The summed E-state index contributed by atoms with van der Waals surface area (Å²) in [5.41, 5.74) is 1.72. The van der Waals surface area contributed by atoms with E-state index in [0.717, 1.165) is 15.3 Å². The van der Waals surface area contributed by atoms with Crippen LogP contribution in [0.3, 0.4) is 0 Å². The lowest BCUT2D eigenvalue weighted by molar-refractivity contribution is 0.629. The number of pyridine rings is 1. The maximum absolute atomic E-state index is 13.0. The largest absolute Gasteiger partial charge is 0.265 e. The molecule has 0 fully saturated rings. The highest BCUT2D eigenvalue weighted by atomic mass is 32.1. The second-order valence-corrected chi connectivity index (χ2v) is 4.40. The summed E-state index contributed by atoms with van der Waals surface area (Å²) in [5, 5.41) is 0.892. The Morgan fingerprint density at radius 3 is 2.69 bits per heavy atom. The van der Waals surface area contributed by atoms with E-state index in [1.165, 1.54) is 12.1 Å². The number of hydrogen-bond acceptors (Lipinski definition) is 3. The SMILES string of the molecule is Fc1ccc2sc(-c3ccncc3)nc2c1. The Morgan fingerprint density at radius 2 is 1.88 bits per heavy atom. The van der Waals surface area contributed by atoms with Crippen molar-refractivity contribution < 1.29 is 4.39 Å². The number of benzene rings is 1. The fraction of sp³-hybridized carbons (Fsp3) is 0. The minimum absolute atomic E-state index is 0.251. The van der Waals surface area contributed by atoms with Crippen LogP contribution in [0.15, 0.2) is 42.7 Å². The van der Waals surface area contributed by atoms with Gasteiger partial charge in [-0.2, -0.15) is 0 Å². The highest BCUT2D eigenvalue weighted by Crippen LogP contribution is 2.29. The van der Waals surface area contributed by atoms with Gasteiger partial charge in [-0.05, 0) is 24.3 Å². The zero-order valence-corrected chi connectivity index (χ0v) is 9.04. The van der Waals surface area contributed by atoms with Gasteiger partial charge in [-0.25, -0.2) is 9.37 Å². The average Bonchev–Trinajstić information content (AvgIpc) is 2.73. The zero-order valence-electron chi connectivity index (χ0n) is 8.22. The minimum Gasteiger partial charge on any atom is -0.265 e. The molecule has 0 aliphatic heterocycles. The van der Waals surface area contributed by atoms with Crippen LogP contribution in [0, 0.1) is 5.82 Å². The van der Waals surface area contributed by atoms with Crippen LogP contribution in [0.5, 0.6) is 0 Å². The van der Waals surface area contributed by atoms with Gasteiger partial charge in [0, 0.05) is 24.0 Å². The number of hydrogen-bond donors (Lipinski definition) is 0. The molecule has 0 radical (unpaired) electrons. The third-order valence-electron chi connectivity index (χ3n) is 2.28. The third-order valence-corrected chi connectivity index (χ3v) is 3.36. The number of nitrogens with zero attached hydrogens (tertiary/aromatic N) is 2. The topological polar surface area (TPSA) is 25.8 Å². The predicted molar refractivity (Wildman–Crippen MR) is 62.8 cm³/mol. The first-order valence-electron chi connectivity index (χ1n) is 4.79. The van der Waals surface area contributed by atoms with Crippen molar-refractivity contribution in [1.29, 1.82) is 0 Å². The van der Waals surface area contributed by atoms with Crippen molar-refractivity contribution in [2.24, 2.45) is 0 Å². The molecule has 1 aromatic carbocycles. The average molecular weight is 230 g/mol. The van der Waals surface area contributed by atoms with E-state index in [-0.39, 0.29) is 5.82 Å². The number of rotatable bonds is 1. The molecular formula is C12H7FN2S. The van der Waals surface area contributed by atoms with E-state index in [0.29, 0.717) is 5.52 Å². The van der Waals surface area contributed by atoms with Crippen LogP contribution in [-0.2, 0) is 0 Å². The molecule has 0 saturated carbocycles. The maximum Gasteiger partial charge on any atom is 0.125 e. The Balaban J connectivity index is 2.19. The minimum atomic E-state index is -0.251. The van der Waals surface area contributed by atoms with Crippen LogP contribution in [-0.4, -0.2) is 9.97 Å². The second kappa shape index (κ2) is 3.64. The first-order valence-corrected chi connectivity index (χ1v) is 5.61. The monoisotopic (exact) mass is 230 g/mol. The van der Waals surface area contributed by atoms with Crippen LogP contribution < -0.4 is 0 Å². The maximum atomic E-state index is 13.0. The van der Waals surface area contributed by atoms with Crippen LogP contribution in [0.4, 0.5) is 4.39 Å². The van der Waals surface area contributed by atoms with E-state index in [1.54, 1.807) is 29.8 Å². The number of halogens is 1. The standard InChI is InChI=1S/C12H7FN2S/c13-9-1-2-11-10(7-9)15-12(16-11)8-3-5-14-6-4-8/h1-7H. The predicted octanol–water partition coefficient (Wildman–Crippen LogP) is 3.50. The summed E-state index contributed by atoms with van der Waals surface area (Å²) < 4.78 is 14.0. The van der Waals surface area contributed by atoms with Gasteiger partial charge in [-0.3, -0.25) is 4.98 Å². The van der Waals surface area contributed by atoms with Crippen LogP contribution in [0.25, 0.3) is 20.8 Å². The van der Waals surface area contributed by atoms with Gasteiger partial charge >= 0.3 is 0 Å². The Bertz CT molecular complexity index is 634. The van der Waals surface area contributed by atoms with Gasteiger partial charge < -0.3 is 0 Å². The van der Waals surface area contributed by atoms with Gasteiger partial charge in [0.2, 0.25) is 0 Å². The van der Waals surface area contributed by atoms with Crippen LogP contribution in [0.1, 0.15) is 0 Å². The molecule has 2 heterocycles. The normalized spacial score (nSPS) is 10.8. The highest BCUT2D eigenvalue weighted by molar-refractivity contribution is 7.21. The lowest BCUT2D eigenvalue weighted by Gasteiger charge is -1.91. The lowest BCUT2D eigenvalue weighted by atomic mass is 10.3. The molecule has 0 unspecified atom stereocenters. The van der Waals surface area contributed by atoms with Gasteiger partial charge in [0.05, 0.1) is 10.2 Å². The Kier molecular flexibility index (Phi) is 2.15. The Morgan fingerprint density at radius 1 is 1.06 bits per heavy atom. The van der Waals surface area contributed by atoms with Gasteiger partial charge in [0.15, 0.2) is 0 Å². The van der Waals surface area contributed by atoms with Crippen LogP contribution >= 0.6 is 11.3 Å². The summed E-state index contributed by atoms with van der Waals surface area (Å²) in [6.45, 7) is 0. The third kappa shape index (κ3) is 1.57. The molecule has 3 rings (SSSR count). The molecule has 0 saturated heterocycles. The first-order chi connectivity index (χ1) is 7.83. The van der Waals surface area contributed by atoms with Crippen molar-refractivity contribution in [3.05, 3.63) is 48.5 Å². The Labute approximate surface area is 95.4 Å². The molecule has 0 aliphatic carbocycles. The van der Waals surface area contributed by atoms with Gasteiger partial charge in [-0.15, -0.1) is 11.3 Å². The molecule has 0 spiro atoms. The molecule has 2 nitrogen and oxygen atoms in total. The molecule has 4 heteroatoms. The number of aromatic nitrogens is 2. The molecule has 0 N–H and O–H groups in total. The highest BCUT2D eigenvalue weighted by Gasteiger charge is 2.06. The molecule has 0 bridgehead atoms. The molecule has 16 heavy (non-hydrogen) atoms. The van der Waals surface area contributed by atoms with Crippen molar-refractivity contribution in [1.82, 2.24) is 9.97 Å². The smallest absolute Gasteiger partial charge is 0.125 e. The lowest BCUT2D eigenvalue weighted by Crippen LogP contribution is -1.76. The fourth-order valence-corrected chi connectivity index (χ4v) is 2.47. The van der Waals surface area contributed by atoms with Crippen molar-refractivity contribution >= 4 is 21.6 Å². The molecule has 78 valence electrons. The summed E-state index contributed by atoms with van der Waals surface area (Å²) in [6.07, 6.45) is 3.45. The number of thiazole rings is 1. The molecule has 0 aliphatic rings. The van der Waals surface area contributed by atoms with E-state index in [4.69, 9.17) is 0 Å². The Hall–Kier alpha value is -1.81. The quantitative estimate of drug-likeness (QED) is 0.639. The van der Waals surface area contributed by atoms with E-state index in [9.17, 15) is 4.39 Å². The van der Waals surface area contributed by atoms with E-state index in [1.807, 2.05) is 12.1 Å². The molecule has 0 amide bonds. The van der Waals surface area contributed by atoms with Gasteiger partial charge in [0.1, 0.15) is 10.8 Å². The van der Waals surface area contributed by atoms with E-state index in [2.05, 4.69) is 9.97 Å². The van der Waals surface area contributed by atoms with Crippen molar-refractivity contribution in [2.75, 3.05) is 0 Å². The van der Waals surface area contributed by atoms with E-state index >= 15 is 0 Å². The summed E-state index contributed by atoms with van der Waals surface area (Å²) in [4.78, 5) is 8.35. The summed E-state index contributed by atoms with van der Waals surface area (Å²) in [6, 6.07) is 8.46. The molecule has 0 atom stereocenters. The molecule has 2 aromatic heterocycles. The molecule has 3 aromatic rings. The van der Waals surface area contributed by atoms with E-state index < -0.39 is 0 Å². The zero-order chi connectivity index (χ0) is 11.0. The number of fused-ring (bicyclic) bond motifs is 1. The van der Waals surface area contributed by atoms with Crippen LogP contribution in [0.2, 0.25) is 0 Å². The first kappa shape index (κ1) is 9.42. The second-order valence-electron chi connectivity index (χ2n) is 3.37.